The zero-order valence-electron chi connectivity index (χ0n) is 12.8. The van der Waals surface area contributed by atoms with Crippen LogP contribution in [0.25, 0.3) is 10.9 Å². The molecule has 2 aromatic carbocycles. The van der Waals surface area contributed by atoms with Crippen LogP contribution >= 0.6 is 0 Å². The molecule has 2 nitrogen and oxygen atoms in total. The molecule has 114 valence electrons. The number of benzene rings is 2. The van der Waals surface area contributed by atoms with Gasteiger partial charge >= 0.3 is 0 Å². The van der Waals surface area contributed by atoms with E-state index in [4.69, 9.17) is 0 Å². The first-order chi connectivity index (χ1) is 10.8. The highest BCUT2D eigenvalue weighted by Crippen LogP contribution is 2.22. The van der Waals surface area contributed by atoms with Crippen molar-refractivity contribution in [3.05, 3.63) is 71.7 Å². The van der Waals surface area contributed by atoms with Gasteiger partial charge < -0.3 is 9.88 Å². The predicted octanol–water partition coefficient (Wildman–Crippen LogP) is 4.33. The Morgan fingerprint density at radius 1 is 1.05 bits per heavy atom. The second kappa shape index (κ2) is 6.75. The van der Waals surface area contributed by atoms with Crippen molar-refractivity contribution in [1.82, 2.24) is 9.88 Å². The smallest absolute Gasteiger partial charge is 0.123 e. The van der Waals surface area contributed by atoms with Crippen molar-refractivity contribution < 1.29 is 4.39 Å². The largest absolute Gasteiger partial charge is 0.343 e. The number of fused-ring (bicyclic) bond motifs is 1. The standard InChI is InChI=1S/C19H21FN2/c1-2-11-21-12-16-14-22(19-6-4-3-5-18(16)19)13-15-7-9-17(20)10-8-15/h3-10,14,21H,2,11-13H2,1H3. The van der Waals surface area contributed by atoms with Crippen molar-refractivity contribution in [2.45, 2.75) is 26.4 Å². The summed E-state index contributed by atoms with van der Waals surface area (Å²) in [6.45, 7) is 4.83. The molecule has 0 spiro atoms. The van der Waals surface area contributed by atoms with Gasteiger partial charge in [-0.25, -0.2) is 4.39 Å². The van der Waals surface area contributed by atoms with Crippen LogP contribution in [-0.2, 0) is 13.1 Å². The summed E-state index contributed by atoms with van der Waals surface area (Å²) >= 11 is 0. The van der Waals surface area contributed by atoms with Crippen molar-refractivity contribution >= 4 is 10.9 Å². The topological polar surface area (TPSA) is 17.0 Å². The highest BCUT2D eigenvalue weighted by molar-refractivity contribution is 5.84. The SMILES string of the molecule is CCCNCc1cn(Cc2ccc(F)cc2)c2ccccc12. The Balaban J connectivity index is 1.90. The van der Waals surface area contributed by atoms with E-state index in [1.807, 2.05) is 12.1 Å². The molecule has 0 aliphatic heterocycles. The number of nitrogens with zero attached hydrogens (tertiary/aromatic N) is 1. The summed E-state index contributed by atoms with van der Waals surface area (Å²) in [4.78, 5) is 0. The first kappa shape index (κ1) is 14.8. The van der Waals surface area contributed by atoms with Gasteiger partial charge in [0.05, 0.1) is 0 Å². The van der Waals surface area contributed by atoms with Gasteiger partial charge in [0.1, 0.15) is 5.82 Å². The van der Waals surface area contributed by atoms with Gasteiger partial charge in [-0.15, -0.1) is 0 Å². The molecule has 3 rings (SSSR count). The van der Waals surface area contributed by atoms with Crippen LogP contribution in [0.2, 0.25) is 0 Å². The molecule has 0 unspecified atom stereocenters. The Bertz CT molecular complexity index is 744. The summed E-state index contributed by atoms with van der Waals surface area (Å²) in [6.07, 6.45) is 3.34. The Morgan fingerprint density at radius 2 is 1.82 bits per heavy atom. The van der Waals surface area contributed by atoms with Crippen LogP contribution in [0, 0.1) is 5.82 Å². The van der Waals surface area contributed by atoms with Crippen LogP contribution < -0.4 is 5.32 Å². The Labute approximate surface area is 130 Å². The third-order valence-electron chi connectivity index (χ3n) is 3.88. The van der Waals surface area contributed by atoms with E-state index in [9.17, 15) is 4.39 Å². The average Bonchev–Trinajstić information content (AvgIpc) is 2.88. The Hall–Kier alpha value is -2.13. The average molecular weight is 296 g/mol. The van der Waals surface area contributed by atoms with E-state index in [1.165, 1.54) is 28.6 Å². The lowest BCUT2D eigenvalue weighted by Crippen LogP contribution is -2.13. The summed E-state index contributed by atoms with van der Waals surface area (Å²) in [5.74, 6) is -0.189. The van der Waals surface area contributed by atoms with Gasteiger partial charge in [-0.1, -0.05) is 37.3 Å². The molecule has 0 bridgehead atoms. The molecule has 1 N–H and O–H groups in total. The van der Waals surface area contributed by atoms with E-state index >= 15 is 0 Å². The highest BCUT2D eigenvalue weighted by atomic mass is 19.1. The van der Waals surface area contributed by atoms with Crippen molar-refractivity contribution in [1.29, 1.82) is 0 Å². The molecular formula is C19H21FN2. The second-order valence-electron chi connectivity index (χ2n) is 5.60. The maximum atomic E-state index is 13.0. The first-order valence-electron chi connectivity index (χ1n) is 7.80. The minimum atomic E-state index is -0.189. The fraction of sp³-hybridized carbons (Fsp3) is 0.263. The normalized spacial score (nSPS) is 11.2. The zero-order chi connectivity index (χ0) is 15.4. The lowest BCUT2D eigenvalue weighted by Gasteiger charge is -2.05. The molecule has 0 saturated carbocycles. The third-order valence-corrected chi connectivity index (χ3v) is 3.88. The quantitative estimate of drug-likeness (QED) is 0.670. The number of nitrogens with one attached hydrogen (secondary N) is 1. The summed E-state index contributed by atoms with van der Waals surface area (Å²) in [5, 5.41) is 4.75. The van der Waals surface area contributed by atoms with Gasteiger partial charge in [-0.2, -0.15) is 0 Å². The van der Waals surface area contributed by atoms with Crippen LogP contribution in [0.1, 0.15) is 24.5 Å². The molecule has 1 aromatic heterocycles. The van der Waals surface area contributed by atoms with Crippen molar-refractivity contribution in [3.63, 3.8) is 0 Å². The number of hydrogen-bond acceptors (Lipinski definition) is 1. The molecule has 0 fully saturated rings. The second-order valence-corrected chi connectivity index (χ2v) is 5.60. The number of para-hydroxylation sites is 1. The number of hydrogen-bond donors (Lipinski definition) is 1. The molecule has 0 saturated heterocycles. The molecule has 0 aliphatic rings. The molecule has 3 aromatic rings. The van der Waals surface area contributed by atoms with Gasteiger partial charge in [-0.3, -0.25) is 0 Å². The van der Waals surface area contributed by atoms with Gasteiger partial charge in [0.15, 0.2) is 0 Å². The van der Waals surface area contributed by atoms with Crippen LogP contribution in [0.5, 0.6) is 0 Å². The molecule has 0 radical (unpaired) electrons. The van der Waals surface area contributed by atoms with E-state index in [0.717, 1.165) is 31.6 Å². The fourth-order valence-corrected chi connectivity index (χ4v) is 2.78. The molecule has 1 heterocycles. The van der Waals surface area contributed by atoms with Gasteiger partial charge in [-0.05, 0) is 42.3 Å². The minimum absolute atomic E-state index is 0.189. The van der Waals surface area contributed by atoms with E-state index in [-0.39, 0.29) is 5.82 Å². The van der Waals surface area contributed by atoms with Crippen LogP contribution in [0.3, 0.4) is 0 Å². The van der Waals surface area contributed by atoms with Gasteiger partial charge in [0.2, 0.25) is 0 Å². The predicted molar refractivity (Wildman–Crippen MR) is 89.4 cm³/mol. The number of aromatic nitrogens is 1. The fourth-order valence-electron chi connectivity index (χ4n) is 2.78. The first-order valence-corrected chi connectivity index (χ1v) is 7.80. The molecule has 0 amide bonds. The van der Waals surface area contributed by atoms with Crippen molar-refractivity contribution in [2.24, 2.45) is 0 Å². The molecule has 0 atom stereocenters. The van der Waals surface area contributed by atoms with Gasteiger partial charge in [0, 0.05) is 30.2 Å². The monoisotopic (exact) mass is 296 g/mol. The van der Waals surface area contributed by atoms with Crippen molar-refractivity contribution in [3.8, 4) is 0 Å². The molecule has 0 aliphatic carbocycles. The zero-order valence-corrected chi connectivity index (χ0v) is 12.8. The van der Waals surface area contributed by atoms with E-state index in [1.54, 1.807) is 0 Å². The van der Waals surface area contributed by atoms with Gasteiger partial charge in [0.25, 0.3) is 0 Å². The highest BCUT2D eigenvalue weighted by Gasteiger charge is 2.08. The Kier molecular flexibility index (Phi) is 4.54. The van der Waals surface area contributed by atoms with E-state index < -0.39 is 0 Å². The minimum Gasteiger partial charge on any atom is -0.343 e. The van der Waals surface area contributed by atoms with E-state index in [2.05, 4.69) is 47.3 Å². The molecule has 22 heavy (non-hydrogen) atoms. The summed E-state index contributed by atoms with van der Waals surface area (Å²) in [7, 11) is 0. The summed E-state index contributed by atoms with van der Waals surface area (Å²) in [5.41, 5.74) is 3.64. The van der Waals surface area contributed by atoms with Crippen LogP contribution in [0.4, 0.5) is 4.39 Å². The molecular weight excluding hydrogens is 275 g/mol. The van der Waals surface area contributed by atoms with Crippen molar-refractivity contribution in [2.75, 3.05) is 6.54 Å². The lowest BCUT2D eigenvalue weighted by atomic mass is 10.2. The molecule has 3 heteroatoms. The summed E-state index contributed by atoms with van der Waals surface area (Å²) in [6, 6.07) is 15.2. The maximum absolute atomic E-state index is 13.0. The van der Waals surface area contributed by atoms with E-state index in [0.29, 0.717) is 0 Å². The maximum Gasteiger partial charge on any atom is 0.123 e. The Morgan fingerprint density at radius 3 is 2.59 bits per heavy atom. The van der Waals surface area contributed by atoms with Crippen LogP contribution in [0.15, 0.2) is 54.7 Å². The third kappa shape index (κ3) is 3.20. The van der Waals surface area contributed by atoms with Crippen LogP contribution in [-0.4, -0.2) is 11.1 Å². The lowest BCUT2D eigenvalue weighted by molar-refractivity contribution is 0.626. The summed E-state index contributed by atoms with van der Waals surface area (Å²) < 4.78 is 15.3. The number of rotatable bonds is 6. The number of halogens is 1.